The summed E-state index contributed by atoms with van der Waals surface area (Å²) >= 11 is 0. The Labute approximate surface area is 216 Å². The van der Waals surface area contributed by atoms with Crippen LogP contribution in [0.5, 0.6) is 0 Å². The molecule has 1 aromatic heterocycles. The maximum Gasteiger partial charge on any atom is 0.234 e. The number of nitrogens with one attached hydrogen (secondary N) is 2. The van der Waals surface area contributed by atoms with Crippen LogP contribution >= 0.6 is 0 Å². The van der Waals surface area contributed by atoms with Gasteiger partial charge in [0.2, 0.25) is 11.8 Å². The van der Waals surface area contributed by atoms with E-state index in [0.717, 1.165) is 33.3 Å². The first-order valence-corrected chi connectivity index (χ1v) is 12.9. The van der Waals surface area contributed by atoms with Gasteiger partial charge < -0.3 is 15.2 Å². The summed E-state index contributed by atoms with van der Waals surface area (Å²) in [7, 11) is 0. The van der Waals surface area contributed by atoms with E-state index in [2.05, 4.69) is 10.3 Å². The van der Waals surface area contributed by atoms with Gasteiger partial charge in [0.05, 0.1) is 5.92 Å². The number of hydrogen-bond donors (Lipinski definition) is 2. The van der Waals surface area contributed by atoms with Crippen LogP contribution in [0.15, 0.2) is 78.9 Å². The number of halogens is 1. The summed E-state index contributed by atoms with van der Waals surface area (Å²) in [5, 5.41) is 3.93. The molecule has 0 bridgehead atoms. The molecule has 4 aromatic rings. The minimum Gasteiger partial charge on any atom is -0.358 e. The van der Waals surface area contributed by atoms with Gasteiger partial charge in [-0.3, -0.25) is 9.59 Å². The second-order valence-electron chi connectivity index (χ2n) is 9.81. The molecule has 2 N–H and O–H groups in total. The molecule has 1 aliphatic rings. The molecule has 3 aromatic carbocycles. The van der Waals surface area contributed by atoms with Crippen molar-refractivity contribution in [3.05, 3.63) is 107 Å². The lowest BCUT2D eigenvalue weighted by molar-refractivity contribution is -0.136. The molecular weight excluding hydrogens is 465 g/mol. The number of amides is 2. The normalized spacial score (nSPS) is 14.3. The Morgan fingerprint density at radius 1 is 0.973 bits per heavy atom. The van der Waals surface area contributed by atoms with Gasteiger partial charge in [0.1, 0.15) is 5.82 Å². The molecule has 0 spiro atoms. The van der Waals surface area contributed by atoms with Gasteiger partial charge in [0.15, 0.2) is 0 Å². The number of aryl methyl sites for hydroxylation is 1. The number of piperidine rings is 1. The molecular formula is C31H32FN3O2. The van der Waals surface area contributed by atoms with Crippen molar-refractivity contribution < 1.29 is 14.0 Å². The first-order chi connectivity index (χ1) is 18.0. The molecule has 5 nitrogen and oxygen atoms in total. The van der Waals surface area contributed by atoms with E-state index in [0.29, 0.717) is 38.9 Å². The average Bonchev–Trinajstić information content (AvgIpc) is 3.24. The molecule has 0 aliphatic carbocycles. The smallest absolute Gasteiger partial charge is 0.234 e. The van der Waals surface area contributed by atoms with Crippen molar-refractivity contribution in [3.8, 4) is 0 Å². The molecule has 2 amide bonds. The third-order valence-electron chi connectivity index (χ3n) is 7.45. The molecule has 2 heterocycles. The summed E-state index contributed by atoms with van der Waals surface area (Å²) < 4.78 is 13.7. The monoisotopic (exact) mass is 497 g/mol. The van der Waals surface area contributed by atoms with Gasteiger partial charge in [0.25, 0.3) is 0 Å². The van der Waals surface area contributed by atoms with Crippen LogP contribution in [-0.4, -0.2) is 41.3 Å². The topological polar surface area (TPSA) is 65.2 Å². The number of rotatable bonds is 7. The van der Waals surface area contributed by atoms with Crippen molar-refractivity contribution in [2.24, 2.45) is 5.92 Å². The third kappa shape index (κ3) is 5.43. The lowest BCUT2D eigenvalue weighted by Gasteiger charge is -2.34. The Bertz CT molecular complexity index is 1340. The molecule has 0 atom stereocenters. The minimum absolute atomic E-state index is 0.0263. The van der Waals surface area contributed by atoms with Crippen LogP contribution in [-0.2, 0) is 16.0 Å². The van der Waals surface area contributed by atoms with E-state index in [1.807, 2.05) is 72.5 Å². The number of carbonyl (C=O) groups excluding carboxylic acids is 2. The second kappa shape index (κ2) is 11.0. The Hall–Kier alpha value is -3.93. The van der Waals surface area contributed by atoms with Crippen molar-refractivity contribution in [1.82, 2.24) is 15.2 Å². The SMILES string of the molecule is Cc1[nH]c2ccc(F)cc2c1CCNC(=O)C1CCN(C(=O)C(c2ccccc2)c2ccccc2)CC1. The number of aromatic amines is 1. The zero-order chi connectivity index (χ0) is 25.8. The summed E-state index contributed by atoms with van der Waals surface area (Å²) in [6.45, 7) is 3.59. The van der Waals surface area contributed by atoms with E-state index in [1.165, 1.54) is 6.07 Å². The lowest BCUT2D eigenvalue weighted by Crippen LogP contribution is -2.45. The predicted octanol–water partition coefficient (Wildman–Crippen LogP) is 5.34. The largest absolute Gasteiger partial charge is 0.358 e. The zero-order valence-corrected chi connectivity index (χ0v) is 21.0. The maximum absolute atomic E-state index is 13.7. The minimum atomic E-state index is -0.350. The highest BCUT2D eigenvalue weighted by Crippen LogP contribution is 2.29. The van der Waals surface area contributed by atoms with Crippen LogP contribution in [0.4, 0.5) is 4.39 Å². The number of carbonyl (C=O) groups is 2. The quantitative estimate of drug-likeness (QED) is 0.362. The van der Waals surface area contributed by atoms with E-state index >= 15 is 0 Å². The van der Waals surface area contributed by atoms with Crippen molar-refractivity contribution >= 4 is 22.7 Å². The predicted molar refractivity (Wildman–Crippen MR) is 144 cm³/mol. The van der Waals surface area contributed by atoms with Crippen molar-refractivity contribution in [3.63, 3.8) is 0 Å². The number of likely N-dealkylation sites (tertiary alicyclic amines) is 1. The number of nitrogens with zero attached hydrogens (tertiary/aromatic N) is 1. The van der Waals surface area contributed by atoms with Crippen LogP contribution in [0.3, 0.4) is 0 Å². The zero-order valence-electron chi connectivity index (χ0n) is 21.0. The fourth-order valence-electron chi connectivity index (χ4n) is 5.45. The first kappa shape index (κ1) is 24.8. The van der Waals surface area contributed by atoms with Crippen molar-refractivity contribution in [1.29, 1.82) is 0 Å². The first-order valence-electron chi connectivity index (χ1n) is 12.9. The highest BCUT2D eigenvalue weighted by atomic mass is 19.1. The van der Waals surface area contributed by atoms with Gasteiger partial charge in [-0.1, -0.05) is 60.7 Å². The van der Waals surface area contributed by atoms with E-state index < -0.39 is 0 Å². The van der Waals surface area contributed by atoms with E-state index in [4.69, 9.17) is 0 Å². The molecule has 0 unspecified atom stereocenters. The molecule has 1 fully saturated rings. The number of benzene rings is 3. The number of H-pyrrole nitrogens is 1. The van der Waals surface area contributed by atoms with Gasteiger partial charge >= 0.3 is 0 Å². The summed E-state index contributed by atoms with van der Waals surface area (Å²) in [5.41, 5.74) is 4.88. The van der Waals surface area contributed by atoms with E-state index in [-0.39, 0.29) is 29.5 Å². The Kier molecular flexibility index (Phi) is 7.35. The van der Waals surface area contributed by atoms with Crippen molar-refractivity contribution in [2.75, 3.05) is 19.6 Å². The molecule has 0 saturated carbocycles. The van der Waals surface area contributed by atoms with Crippen LogP contribution in [0.1, 0.15) is 41.1 Å². The van der Waals surface area contributed by atoms with Crippen LogP contribution in [0.2, 0.25) is 0 Å². The average molecular weight is 498 g/mol. The lowest BCUT2D eigenvalue weighted by atomic mass is 9.88. The molecule has 6 heteroatoms. The molecule has 0 radical (unpaired) electrons. The Balaban J connectivity index is 1.18. The molecule has 37 heavy (non-hydrogen) atoms. The fourth-order valence-corrected chi connectivity index (χ4v) is 5.45. The van der Waals surface area contributed by atoms with E-state index in [1.54, 1.807) is 12.1 Å². The Morgan fingerprint density at radius 3 is 2.22 bits per heavy atom. The highest BCUT2D eigenvalue weighted by molar-refractivity contribution is 5.88. The van der Waals surface area contributed by atoms with Gasteiger partial charge in [0, 0.05) is 42.1 Å². The number of hydrogen-bond acceptors (Lipinski definition) is 2. The summed E-state index contributed by atoms with van der Waals surface area (Å²) in [4.78, 5) is 31.7. The Morgan fingerprint density at radius 2 is 1.59 bits per heavy atom. The molecule has 1 aliphatic heterocycles. The van der Waals surface area contributed by atoms with Gasteiger partial charge in [-0.15, -0.1) is 0 Å². The number of aromatic nitrogens is 1. The molecule has 5 rings (SSSR count). The van der Waals surface area contributed by atoms with Crippen LogP contribution < -0.4 is 5.32 Å². The number of fused-ring (bicyclic) bond motifs is 1. The third-order valence-corrected chi connectivity index (χ3v) is 7.45. The van der Waals surface area contributed by atoms with Gasteiger partial charge in [-0.2, -0.15) is 0 Å². The van der Waals surface area contributed by atoms with E-state index in [9.17, 15) is 14.0 Å². The standard InChI is InChI=1S/C31H32FN3O2/c1-21-26(27-20-25(32)12-13-28(27)34-21)14-17-33-30(36)24-15-18-35(19-16-24)31(37)29(22-8-4-2-5-9-22)23-10-6-3-7-11-23/h2-13,20,24,29,34H,14-19H2,1H3,(H,33,36). The molecule has 190 valence electrons. The van der Waals surface area contributed by atoms with Crippen molar-refractivity contribution in [2.45, 2.75) is 32.1 Å². The van der Waals surface area contributed by atoms with Gasteiger partial charge in [-0.05, 0) is 61.1 Å². The fraction of sp³-hybridized carbons (Fsp3) is 0.290. The highest BCUT2D eigenvalue weighted by Gasteiger charge is 2.32. The van der Waals surface area contributed by atoms with Crippen LogP contribution in [0.25, 0.3) is 10.9 Å². The van der Waals surface area contributed by atoms with Crippen LogP contribution in [0, 0.1) is 18.7 Å². The summed E-state index contributed by atoms with van der Waals surface area (Å²) in [5.74, 6) is -0.619. The summed E-state index contributed by atoms with van der Waals surface area (Å²) in [6.07, 6.45) is 1.92. The summed E-state index contributed by atoms with van der Waals surface area (Å²) in [6, 6.07) is 24.5. The molecule has 1 saturated heterocycles. The van der Waals surface area contributed by atoms with Gasteiger partial charge in [-0.25, -0.2) is 4.39 Å². The second-order valence-corrected chi connectivity index (χ2v) is 9.81. The maximum atomic E-state index is 13.7.